The summed E-state index contributed by atoms with van der Waals surface area (Å²) in [6.45, 7) is 1.57. The number of carbonyl (C=O) groups excluding carboxylic acids is 1. The first-order chi connectivity index (χ1) is 19.5. The fourth-order valence-corrected chi connectivity index (χ4v) is 4.25. The zero-order valence-electron chi connectivity index (χ0n) is 22.1. The number of nitrogens with one attached hydrogen (secondary N) is 4. The van der Waals surface area contributed by atoms with Crippen molar-refractivity contribution in [1.29, 1.82) is 0 Å². The Labute approximate surface area is 237 Å². The fraction of sp³-hybridized carbons (Fsp3) is 0.133. The molecule has 3 heterocycles. The predicted octanol–water partition coefficient (Wildman–Crippen LogP) is 6.20. The Morgan fingerprint density at radius 2 is 1.82 bits per heavy atom. The zero-order valence-corrected chi connectivity index (χ0v) is 22.9. The van der Waals surface area contributed by atoms with Gasteiger partial charge in [0.2, 0.25) is 5.95 Å². The number of benzene rings is 2. The van der Waals surface area contributed by atoms with Crippen LogP contribution in [0.1, 0.15) is 10.5 Å². The first kappa shape index (κ1) is 26.9. The largest absolute Gasteiger partial charge is 0.380 e. The minimum absolute atomic E-state index is 0.307. The topological polar surface area (TPSA) is 111 Å². The lowest BCUT2D eigenvalue weighted by atomic mass is 10.1. The van der Waals surface area contributed by atoms with Gasteiger partial charge in [-0.3, -0.25) is 4.79 Å². The van der Waals surface area contributed by atoms with E-state index in [2.05, 4.69) is 52.9 Å². The molecule has 2 aromatic carbocycles. The molecule has 5 aromatic rings. The number of carbonyl (C=O) groups is 1. The van der Waals surface area contributed by atoms with E-state index in [0.717, 1.165) is 28.7 Å². The van der Waals surface area contributed by atoms with Crippen LogP contribution in [0.5, 0.6) is 0 Å². The van der Waals surface area contributed by atoms with Gasteiger partial charge < -0.3 is 25.8 Å². The van der Waals surface area contributed by atoms with Crippen LogP contribution in [-0.2, 0) is 0 Å². The molecule has 0 bridgehead atoms. The number of anilines is 4. The minimum Gasteiger partial charge on any atom is -0.380 e. The number of aromatic amines is 1. The van der Waals surface area contributed by atoms with Crippen LogP contribution < -0.4 is 16.0 Å². The van der Waals surface area contributed by atoms with E-state index in [1.807, 2.05) is 62.8 Å². The van der Waals surface area contributed by atoms with Crippen LogP contribution in [0.4, 0.5) is 23.0 Å². The molecule has 0 aliphatic carbocycles. The van der Waals surface area contributed by atoms with Crippen molar-refractivity contribution in [1.82, 2.24) is 24.8 Å². The van der Waals surface area contributed by atoms with Gasteiger partial charge in [0.25, 0.3) is 5.91 Å². The molecule has 10 heteroatoms. The van der Waals surface area contributed by atoms with Gasteiger partial charge in [-0.05, 0) is 50.5 Å². The average molecular weight is 553 g/mol. The third kappa shape index (κ3) is 6.63. The van der Waals surface area contributed by atoms with Crippen molar-refractivity contribution in [2.24, 2.45) is 0 Å². The summed E-state index contributed by atoms with van der Waals surface area (Å²) in [5.41, 5.74) is 4.98. The summed E-state index contributed by atoms with van der Waals surface area (Å²) in [6, 6.07) is 18.8. The van der Waals surface area contributed by atoms with Gasteiger partial charge in [0.15, 0.2) is 0 Å². The normalized spacial score (nSPS) is 11.3. The van der Waals surface area contributed by atoms with Crippen molar-refractivity contribution in [2.45, 2.75) is 0 Å². The highest BCUT2D eigenvalue weighted by Crippen LogP contribution is 2.32. The molecule has 5 rings (SSSR count). The number of fused-ring (bicyclic) bond motifs is 1. The molecule has 0 fully saturated rings. The fourth-order valence-electron chi connectivity index (χ4n) is 4.06. The third-order valence-electron chi connectivity index (χ3n) is 6.02. The zero-order chi connectivity index (χ0) is 27.9. The van der Waals surface area contributed by atoms with E-state index in [1.165, 1.54) is 0 Å². The number of para-hydroxylation sites is 1. The number of pyridine rings is 1. The molecule has 0 saturated heterocycles. The monoisotopic (exact) mass is 552 g/mol. The lowest BCUT2D eigenvalue weighted by Gasteiger charge is -2.10. The van der Waals surface area contributed by atoms with Crippen molar-refractivity contribution < 1.29 is 4.79 Å². The number of aromatic nitrogens is 4. The Bertz CT molecular complexity index is 1650. The summed E-state index contributed by atoms with van der Waals surface area (Å²) in [4.78, 5) is 31.4. The predicted molar refractivity (Wildman–Crippen MR) is 162 cm³/mol. The SMILES string of the molecule is CN(C)C/C=C/CNc1ccc(C(=O)Nc2cccc(Nc3ncc(Cl)c(-c4c[nH]c5ccccc45)n3)c2)nc1. The molecular weight excluding hydrogens is 524 g/mol. The van der Waals surface area contributed by atoms with E-state index < -0.39 is 0 Å². The van der Waals surface area contributed by atoms with Crippen molar-refractivity contribution in [3.05, 3.63) is 102 Å². The Hall–Kier alpha value is -4.73. The van der Waals surface area contributed by atoms with Gasteiger partial charge in [0.1, 0.15) is 5.69 Å². The van der Waals surface area contributed by atoms with E-state index in [1.54, 1.807) is 30.6 Å². The molecule has 0 radical (unpaired) electrons. The Kier molecular flexibility index (Phi) is 8.34. The molecule has 0 aliphatic heterocycles. The van der Waals surface area contributed by atoms with Gasteiger partial charge in [0, 0.05) is 47.1 Å². The van der Waals surface area contributed by atoms with Crippen LogP contribution in [0.25, 0.3) is 22.2 Å². The molecule has 9 nitrogen and oxygen atoms in total. The van der Waals surface area contributed by atoms with E-state index in [0.29, 0.717) is 40.3 Å². The summed E-state index contributed by atoms with van der Waals surface area (Å²) >= 11 is 6.46. The van der Waals surface area contributed by atoms with Gasteiger partial charge in [0.05, 0.1) is 28.8 Å². The molecule has 0 atom stereocenters. The molecule has 202 valence electrons. The number of amides is 1. The van der Waals surface area contributed by atoms with Gasteiger partial charge in [-0.25, -0.2) is 15.0 Å². The third-order valence-corrected chi connectivity index (χ3v) is 6.30. The van der Waals surface area contributed by atoms with Crippen molar-refractivity contribution >= 4 is 51.4 Å². The van der Waals surface area contributed by atoms with Crippen LogP contribution in [0.3, 0.4) is 0 Å². The quantitative estimate of drug-likeness (QED) is 0.153. The number of hydrogen-bond acceptors (Lipinski definition) is 7. The highest BCUT2D eigenvalue weighted by atomic mass is 35.5. The number of H-pyrrole nitrogens is 1. The van der Waals surface area contributed by atoms with Gasteiger partial charge in [-0.15, -0.1) is 0 Å². The number of halogens is 1. The maximum Gasteiger partial charge on any atom is 0.274 e. The summed E-state index contributed by atoms with van der Waals surface area (Å²) in [5.74, 6) is 0.0772. The minimum atomic E-state index is -0.307. The molecule has 3 aromatic heterocycles. The van der Waals surface area contributed by atoms with Crippen LogP contribution in [0.15, 0.2) is 91.4 Å². The first-order valence-electron chi connectivity index (χ1n) is 12.7. The summed E-state index contributed by atoms with van der Waals surface area (Å²) in [6.07, 6.45) is 9.26. The molecule has 1 amide bonds. The molecule has 40 heavy (non-hydrogen) atoms. The number of likely N-dealkylation sites (N-methyl/N-ethyl adjacent to an activating group) is 1. The van der Waals surface area contributed by atoms with Gasteiger partial charge in [-0.1, -0.05) is 48.0 Å². The Morgan fingerprint density at radius 3 is 2.65 bits per heavy atom. The molecular formula is C30H29ClN8O. The van der Waals surface area contributed by atoms with E-state index in [4.69, 9.17) is 11.6 Å². The van der Waals surface area contributed by atoms with Crippen LogP contribution in [-0.4, -0.2) is 57.9 Å². The van der Waals surface area contributed by atoms with Crippen molar-refractivity contribution in [3.8, 4) is 11.3 Å². The second kappa shape index (κ2) is 12.4. The molecule has 0 unspecified atom stereocenters. The summed E-state index contributed by atoms with van der Waals surface area (Å²) in [7, 11) is 4.04. The van der Waals surface area contributed by atoms with Crippen LogP contribution in [0, 0.1) is 0 Å². The van der Waals surface area contributed by atoms with Gasteiger partial charge in [-0.2, -0.15) is 0 Å². The standard InChI is InChI=1S/C30H29ClN8O/c1-39(2)15-6-5-14-32-22-12-13-27(33-17-22)29(40)36-20-8-7-9-21(16-20)37-30-35-19-25(31)28(38-30)24-18-34-26-11-4-3-10-23(24)26/h3-13,16-19,32,34H,14-15H2,1-2H3,(H,36,40)(H,35,37,38)/b6-5+. The maximum atomic E-state index is 12.8. The van der Waals surface area contributed by atoms with E-state index in [-0.39, 0.29) is 5.91 Å². The summed E-state index contributed by atoms with van der Waals surface area (Å²) < 4.78 is 0. The second-order valence-electron chi connectivity index (χ2n) is 9.34. The molecule has 0 saturated carbocycles. The molecule has 4 N–H and O–H groups in total. The smallest absolute Gasteiger partial charge is 0.274 e. The maximum absolute atomic E-state index is 12.8. The first-order valence-corrected chi connectivity index (χ1v) is 13.1. The lowest BCUT2D eigenvalue weighted by Crippen LogP contribution is -2.14. The Morgan fingerprint density at radius 1 is 0.975 bits per heavy atom. The van der Waals surface area contributed by atoms with Gasteiger partial charge >= 0.3 is 0 Å². The number of hydrogen-bond donors (Lipinski definition) is 4. The lowest BCUT2D eigenvalue weighted by molar-refractivity contribution is 0.102. The second-order valence-corrected chi connectivity index (χ2v) is 9.75. The summed E-state index contributed by atoms with van der Waals surface area (Å²) in [5, 5.41) is 10.8. The van der Waals surface area contributed by atoms with E-state index >= 15 is 0 Å². The number of nitrogens with zero attached hydrogens (tertiary/aromatic N) is 4. The van der Waals surface area contributed by atoms with Crippen LogP contribution in [0.2, 0.25) is 5.02 Å². The Balaban J connectivity index is 1.23. The van der Waals surface area contributed by atoms with Crippen molar-refractivity contribution in [3.63, 3.8) is 0 Å². The highest BCUT2D eigenvalue weighted by Gasteiger charge is 2.13. The highest BCUT2D eigenvalue weighted by molar-refractivity contribution is 6.33. The average Bonchev–Trinajstić information content (AvgIpc) is 3.38. The molecule has 0 spiro atoms. The molecule has 0 aliphatic rings. The van der Waals surface area contributed by atoms with Crippen molar-refractivity contribution in [2.75, 3.05) is 43.1 Å². The van der Waals surface area contributed by atoms with Crippen LogP contribution >= 0.6 is 11.6 Å². The van der Waals surface area contributed by atoms with E-state index in [9.17, 15) is 4.79 Å². The number of rotatable bonds is 10.